The summed E-state index contributed by atoms with van der Waals surface area (Å²) in [6, 6.07) is 5.20. The Balaban J connectivity index is 2.69. The van der Waals surface area contributed by atoms with Gasteiger partial charge in [0.2, 0.25) is 0 Å². The fourth-order valence-electron chi connectivity index (χ4n) is 2.49. The lowest BCUT2D eigenvalue weighted by molar-refractivity contribution is -0.127. The van der Waals surface area contributed by atoms with E-state index in [1.807, 2.05) is 27.7 Å². The summed E-state index contributed by atoms with van der Waals surface area (Å²) in [5.74, 6) is 0.0253. The van der Waals surface area contributed by atoms with Gasteiger partial charge in [0.25, 0.3) is 0 Å². The average molecular weight is 346 g/mol. The monoisotopic (exact) mass is 346 g/mol. The number of anilines is 1. The maximum absolute atomic E-state index is 12.6. The molecule has 0 aliphatic heterocycles. The molecule has 0 aliphatic rings. The van der Waals surface area contributed by atoms with Gasteiger partial charge in [0, 0.05) is 17.6 Å². The molecule has 136 valence electrons. The third-order valence-corrected chi connectivity index (χ3v) is 3.79. The third kappa shape index (κ3) is 6.39. The van der Waals surface area contributed by atoms with E-state index in [-0.39, 0.29) is 23.7 Å². The quantitative estimate of drug-likeness (QED) is 0.730. The summed E-state index contributed by atoms with van der Waals surface area (Å²) in [6.07, 6.45) is -6.08. The zero-order valence-corrected chi connectivity index (χ0v) is 14.4. The molecule has 0 fully saturated rings. The lowest BCUT2D eigenvalue weighted by Gasteiger charge is -2.33. The molecule has 1 atom stereocenters. The van der Waals surface area contributed by atoms with Crippen LogP contribution >= 0.6 is 0 Å². The van der Waals surface area contributed by atoms with Crippen LogP contribution in [0.25, 0.3) is 0 Å². The smallest absolute Gasteiger partial charge is 0.392 e. The zero-order valence-electron chi connectivity index (χ0n) is 14.4. The number of hydrogen-bond donors (Lipinski definition) is 3. The fraction of sp³-hybridized carbons (Fsp3) is 0.588. The van der Waals surface area contributed by atoms with E-state index in [9.17, 15) is 23.1 Å². The van der Waals surface area contributed by atoms with E-state index in [0.29, 0.717) is 0 Å². The van der Waals surface area contributed by atoms with E-state index in [1.165, 1.54) is 18.2 Å². The summed E-state index contributed by atoms with van der Waals surface area (Å²) in [4.78, 5) is 12.0. The standard InChI is InChI=1S/C17H25F3N2O2/c1-11(2)14(23)16(3,4)10-21-15(24)22-13-8-6-5-7-12(13)9-17(18,19)20/h5-8,11,14,23H,9-10H2,1-4H3,(H2,21,22,24). The molecular formula is C17H25F3N2O2. The third-order valence-electron chi connectivity index (χ3n) is 3.79. The molecule has 1 rings (SSSR count). The fourth-order valence-corrected chi connectivity index (χ4v) is 2.49. The molecule has 4 nitrogen and oxygen atoms in total. The van der Waals surface area contributed by atoms with Crippen molar-refractivity contribution < 1.29 is 23.1 Å². The van der Waals surface area contributed by atoms with Crippen molar-refractivity contribution in [1.82, 2.24) is 5.32 Å². The molecule has 7 heteroatoms. The maximum Gasteiger partial charge on any atom is 0.393 e. The molecule has 2 amide bonds. The van der Waals surface area contributed by atoms with Gasteiger partial charge in [-0.05, 0) is 17.5 Å². The molecule has 1 aromatic carbocycles. The van der Waals surface area contributed by atoms with Crippen molar-refractivity contribution >= 4 is 11.7 Å². The van der Waals surface area contributed by atoms with Gasteiger partial charge in [-0.3, -0.25) is 0 Å². The van der Waals surface area contributed by atoms with Crippen LogP contribution in [-0.2, 0) is 6.42 Å². The number of halogens is 3. The molecule has 0 heterocycles. The van der Waals surface area contributed by atoms with E-state index in [1.54, 1.807) is 6.07 Å². The number of carbonyl (C=O) groups is 1. The molecule has 0 aromatic heterocycles. The van der Waals surface area contributed by atoms with Crippen LogP contribution in [-0.4, -0.2) is 30.0 Å². The van der Waals surface area contributed by atoms with Crippen LogP contribution in [0.1, 0.15) is 33.3 Å². The average Bonchev–Trinajstić information content (AvgIpc) is 2.45. The molecule has 0 saturated heterocycles. The number of rotatable bonds is 6. The first-order chi connectivity index (χ1) is 10.9. The Morgan fingerprint density at radius 2 is 1.79 bits per heavy atom. The lowest BCUT2D eigenvalue weighted by Crippen LogP contribution is -2.44. The summed E-state index contributed by atoms with van der Waals surface area (Å²) in [7, 11) is 0. The van der Waals surface area contributed by atoms with Crippen molar-refractivity contribution in [2.24, 2.45) is 11.3 Å². The Labute approximate surface area is 140 Å². The Kier molecular flexibility index (Phi) is 6.66. The number of amides is 2. The van der Waals surface area contributed by atoms with Gasteiger partial charge >= 0.3 is 12.2 Å². The zero-order chi connectivity index (χ0) is 18.5. The maximum atomic E-state index is 12.6. The van der Waals surface area contributed by atoms with Gasteiger partial charge in [-0.2, -0.15) is 13.2 Å². The highest BCUT2D eigenvalue weighted by Crippen LogP contribution is 2.27. The van der Waals surface area contributed by atoms with Crippen LogP contribution in [0.5, 0.6) is 0 Å². The van der Waals surface area contributed by atoms with E-state index in [2.05, 4.69) is 10.6 Å². The van der Waals surface area contributed by atoms with Gasteiger partial charge in [-0.1, -0.05) is 45.9 Å². The Morgan fingerprint density at radius 1 is 1.21 bits per heavy atom. The lowest BCUT2D eigenvalue weighted by atomic mass is 9.81. The van der Waals surface area contributed by atoms with Crippen LogP contribution in [0.3, 0.4) is 0 Å². The van der Waals surface area contributed by atoms with Crippen LogP contribution in [0, 0.1) is 11.3 Å². The first-order valence-electron chi connectivity index (χ1n) is 7.80. The van der Waals surface area contributed by atoms with Gasteiger partial charge < -0.3 is 15.7 Å². The SMILES string of the molecule is CC(C)C(O)C(C)(C)CNC(=O)Nc1ccccc1CC(F)(F)F. The molecule has 1 aromatic rings. The van der Waals surface area contributed by atoms with Crippen LogP contribution in [0.4, 0.5) is 23.7 Å². The largest absolute Gasteiger partial charge is 0.393 e. The topological polar surface area (TPSA) is 61.4 Å². The first-order valence-corrected chi connectivity index (χ1v) is 7.80. The summed E-state index contributed by atoms with van der Waals surface area (Å²) in [6.45, 7) is 7.57. The number of alkyl halides is 3. The highest BCUT2D eigenvalue weighted by molar-refractivity contribution is 5.90. The summed E-state index contributed by atoms with van der Waals surface area (Å²) in [5.41, 5.74) is -0.437. The van der Waals surface area contributed by atoms with Crippen LogP contribution < -0.4 is 10.6 Å². The number of aliphatic hydroxyl groups is 1. The van der Waals surface area contributed by atoms with E-state index in [0.717, 1.165) is 0 Å². The molecule has 0 spiro atoms. The normalized spacial score (nSPS) is 13.7. The highest BCUT2D eigenvalue weighted by Gasteiger charge is 2.31. The van der Waals surface area contributed by atoms with Gasteiger partial charge in [-0.15, -0.1) is 0 Å². The minimum absolute atomic E-state index is 0.00150. The van der Waals surface area contributed by atoms with Gasteiger partial charge in [-0.25, -0.2) is 4.79 Å². The Hall–Kier alpha value is -1.76. The minimum Gasteiger partial charge on any atom is -0.392 e. The minimum atomic E-state index is -4.35. The van der Waals surface area contributed by atoms with E-state index < -0.39 is 30.1 Å². The van der Waals surface area contributed by atoms with Crippen LogP contribution in [0.2, 0.25) is 0 Å². The van der Waals surface area contributed by atoms with Crippen molar-refractivity contribution in [2.45, 2.75) is 46.4 Å². The Bertz CT molecular complexity index is 557. The van der Waals surface area contributed by atoms with Gasteiger partial charge in [0.05, 0.1) is 12.5 Å². The molecular weight excluding hydrogens is 321 g/mol. The van der Waals surface area contributed by atoms with Crippen molar-refractivity contribution in [3.8, 4) is 0 Å². The number of nitrogens with one attached hydrogen (secondary N) is 2. The number of carbonyl (C=O) groups excluding carboxylic acids is 1. The highest BCUT2D eigenvalue weighted by atomic mass is 19.4. The van der Waals surface area contributed by atoms with E-state index in [4.69, 9.17) is 0 Å². The molecule has 0 saturated carbocycles. The number of aliphatic hydroxyl groups excluding tert-OH is 1. The molecule has 3 N–H and O–H groups in total. The number of para-hydroxylation sites is 1. The molecule has 0 radical (unpaired) electrons. The number of benzene rings is 1. The van der Waals surface area contributed by atoms with Crippen LogP contribution in [0.15, 0.2) is 24.3 Å². The molecule has 1 unspecified atom stereocenters. The number of urea groups is 1. The molecule has 24 heavy (non-hydrogen) atoms. The number of hydrogen-bond acceptors (Lipinski definition) is 2. The van der Waals surface area contributed by atoms with Crippen molar-refractivity contribution in [2.75, 3.05) is 11.9 Å². The second-order valence-corrected chi connectivity index (χ2v) is 6.93. The summed E-state index contributed by atoms with van der Waals surface area (Å²) < 4.78 is 37.7. The van der Waals surface area contributed by atoms with Crippen molar-refractivity contribution in [3.63, 3.8) is 0 Å². The van der Waals surface area contributed by atoms with Crippen molar-refractivity contribution in [3.05, 3.63) is 29.8 Å². The van der Waals surface area contributed by atoms with Crippen molar-refractivity contribution in [1.29, 1.82) is 0 Å². The van der Waals surface area contributed by atoms with E-state index >= 15 is 0 Å². The second kappa shape index (κ2) is 7.88. The summed E-state index contributed by atoms with van der Waals surface area (Å²) in [5, 5.41) is 15.2. The Morgan fingerprint density at radius 3 is 2.33 bits per heavy atom. The van der Waals surface area contributed by atoms with Gasteiger partial charge in [0.15, 0.2) is 0 Å². The predicted octanol–water partition coefficient (Wildman–Crippen LogP) is 3.96. The molecule has 0 aliphatic carbocycles. The summed E-state index contributed by atoms with van der Waals surface area (Å²) >= 11 is 0. The molecule has 0 bridgehead atoms. The first kappa shape index (κ1) is 20.3. The predicted molar refractivity (Wildman–Crippen MR) is 87.8 cm³/mol. The second-order valence-electron chi connectivity index (χ2n) is 6.93. The van der Waals surface area contributed by atoms with Gasteiger partial charge in [0.1, 0.15) is 0 Å².